The van der Waals surface area contributed by atoms with Crippen molar-refractivity contribution in [3.05, 3.63) is 54.9 Å². The molecule has 0 unspecified atom stereocenters. The standard InChI is InChI=1S/C20H18N6OS/c1-12-23-10-13(11-24-12)18-19(22-7-6-21-18)27-15-8-14(9-15)25-20-26-16-4-2-3-5-17(16)28-20/h2-7,10-11,14-15H,8-9H2,1H3,(H,25,26)/t14-,15-. The lowest BCUT2D eigenvalue weighted by molar-refractivity contribution is 0.103. The Labute approximate surface area is 165 Å². The predicted molar refractivity (Wildman–Crippen MR) is 108 cm³/mol. The van der Waals surface area contributed by atoms with Crippen molar-refractivity contribution in [1.82, 2.24) is 24.9 Å². The zero-order valence-corrected chi connectivity index (χ0v) is 16.1. The highest BCUT2D eigenvalue weighted by Gasteiger charge is 2.32. The Morgan fingerprint density at radius 3 is 2.64 bits per heavy atom. The number of nitrogens with zero attached hydrogens (tertiary/aromatic N) is 5. The second-order valence-corrected chi connectivity index (χ2v) is 7.80. The molecule has 0 atom stereocenters. The zero-order valence-electron chi connectivity index (χ0n) is 15.2. The topological polar surface area (TPSA) is 85.7 Å². The number of benzene rings is 1. The second-order valence-electron chi connectivity index (χ2n) is 6.77. The predicted octanol–water partition coefficient (Wildman–Crippen LogP) is 3.87. The van der Waals surface area contributed by atoms with Crippen LogP contribution < -0.4 is 10.1 Å². The van der Waals surface area contributed by atoms with Gasteiger partial charge in [0.25, 0.3) is 0 Å². The highest BCUT2D eigenvalue weighted by Crippen LogP contribution is 2.33. The number of thiazole rings is 1. The Morgan fingerprint density at radius 2 is 1.82 bits per heavy atom. The Hall–Kier alpha value is -3.13. The van der Waals surface area contributed by atoms with E-state index in [9.17, 15) is 0 Å². The van der Waals surface area contributed by atoms with Gasteiger partial charge in [0.1, 0.15) is 17.6 Å². The SMILES string of the molecule is Cc1ncc(-c2nccnc2O[C@H]2C[C@H](Nc3nc4ccccc4s3)C2)cn1. The largest absolute Gasteiger partial charge is 0.473 e. The van der Waals surface area contributed by atoms with Crippen LogP contribution in [0.1, 0.15) is 18.7 Å². The normalized spacial score (nSPS) is 18.6. The van der Waals surface area contributed by atoms with E-state index < -0.39 is 0 Å². The number of hydrogen-bond donors (Lipinski definition) is 1. The van der Waals surface area contributed by atoms with Crippen molar-refractivity contribution < 1.29 is 4.74 Å². The van der Waals surface area contributed by atoms with E-state index in [2.05, 4.69) is 36.3 Å². The van der Waals surface area contributed by atoms with E-state index >= 15 is 0 Å². The van der Waals surface area contributed by atoms with E-state index in [4.69, 9.17) is 4.74 Å². The molecule has 3 aromatic heterocycles. The molecule has 1 N–H and O–H groups in total. The zero-order chi connectivity index (χ0) is 18.9. The van der Waals surface area contributed by atoms with Gasteiger partial charge in [-0.05, 0) is 19.1 Å². The highest BCUT2D eigenvalue weighted by atomic mass is 32.1. The molecule has 140 valence electrons. The summed E-state index contributed by atoms with van der Waals surface area (Å²) in [5, 5.41) is 4.47. The van der Waals surface area contributed by atoms with Crippen LogP contribution in [0.4, 0.5) is 5.13 Å². The summed E-state index contributed by atoms with van der Waals surface area (Å²) in [6.45, 7) is 1.85. The van der Waals surface area contributed by atoms with Gasteiger partial charge in [-0.3, -0.25) is 0 Å². The van der Waals surface area contributed by atoms with E-state index in [0.717, 1.165) is 34.9 Å². The van der Waals surface area contributed by atoms with Gasteiger partial charge in [-0.1, -0.05) is 23.5 Å². The van der Waals surface area contributed by atoms with E-state index in [1.54, 1.807) is 36.1 Å². The maximum atomic E-state index is 6.11. The summed E-state index contributed by atoms with van der Waals surface area (Å²) < 4.78 is 7.30. The number of nitrogens with one attached hydrogen (secondary N) is 1. The first-order chi connectivity index (χ1) is 13.7. The van der Waals surface area contributed by atoms with E-state index in [0.29, 0.717) is 17.6 Å². The summed E-state index contributed by atoms with van der Waals surface area (Å²) >= 11 is 1.68. The molecule has 0 saturated heterocycles. The van der Waals surface area contributed by atoms with Crippen molar-refractivity contribution in [3.8, 4) is 17.1 Å². The number of para-hydroxylation sites is 1. The van der Waals surface area contributed by atoms with Gasteiger partial charge < -0.3 is 10.1 Å². The van der Waals surface area contributed by atoms with Gasteiger partial charge >= 0.3 is 0 Å². The Balaban J connectivity index is 1.23. The number of aryl methyl sites for hydroxylation is 1. The average molecular weight is 390 g/mol. The minimum atomic E-state index is 0.105. The molecule has 1 aromatic carbocycles. The first-order valence-corrected chi connectivity index (χ1v) is 9.95. The van der Waals surface area contributed by atoms with Gasteiger partial charge in [0, 0.05) is 49.2 Å². The third kappa shape index (κ3) is 3.38. The summed E-state index contributed by atoms with van der Waals surface area (Å²) in [6, 6.07) is 8.53. The van der Waals surface area contributed by atoms with Gasteiger partial charge in [0.2, 0.25) is 5.88 Å². The third-order valence-electron chi connectivity index (χ3n) is 4.71. The minimum absolute atomic E-state index is 0.105. The van der Waals surface area contributed by atoms with E-state index in [1.807, 2.05) is 25.1 Å². The minimum Gasteiger partial charge on any atom is -0.473 e. The Bertz CT molecular complexity index is 1070. The van der Waals surface area contributed by atoms with Crippen LogP contribution >= 0.6 is 11.3 Å². The molecule has 0 bridgehead atoms. The third-order valence-corrected chi connectivity index (χ3v) is 5.68. The summed E-state index contributed by atoms with van der Waals surface area (Å²) in [7, 11) is 0. The summed E-state index contributed by atoms with van der Waals surface area (Å²) in [4.78, 5) is 21.9. The fourth-order valence-electron chi connectivity index (χ4n) is 3.17. The monoisotopic (exact) mass is 390 g/mol. The maximum Gasteiger partial charge on any atom is 0.240 e. The smallest absolute Gasteiger partial charge is 0.240 e. The molecule has 4 aromatic rings. The van der Waals surface area contributed by atoms with Crippen LogP contribution in [-0.2, 0) is 0 Å². The van der Waals surface area contributed by atoms with Crippen LogP contribution in [0.2, 0.25) is 0 Å². The fourth-order valence-corrected chi connectivity index (χ4v) is 4.11. The average Bonchev–Trinajstić information content (AvgIpc) is 3.10. The molecule has 5 rings (SSSR count). The molecular weight excluding hydrogens is 372 g/mol. The van der Waals surface area contributed by atoms with Gasteiger partial charge in [-0.15, -0.1) is 0 Å². The molecule has 7 nitrogen and oxygen atoms in total. The van der Waals surface area contributed by atoms with Crippen molar-refractivity contribution in [2.45, 2.75) is 31.9 Å². The van der Waals surface area contributed by atoms with Crippen molar-refractivity contribution in [3.63, 3.8) is 0 Å². The molecule has 0 spiro atoms. The number of anilines is 1. The number of aromatic nitrogens is 5. The van der Waals surface area contributed by atoms with Crippen molar-refractivity contribution >= 4 is 26.7 Å². The molecule has 1 fully saturated rings. The van der Waals surface area contributed by atoms with Crippen LogP contribution in [0, 0.1) is 6.92 Å². The Morgan fingerprint density at radius 1 is 1.04 bits per heavy atom. The lowest BCUT2D eigenvalue weighted by atomic mass is 9.89. The first-order valence-electron chi connectivity index (χ1n) is 9.13. The number of ether oxygens (including phenoxy) is 1. The lowest BCUT2D eigenvalue weighted by Gasteiger charge is -2.35. The van der Waals surface area contributed by atoms with E-state index in [-0.39, 0.29) is 6.10 Å². The van der Waals surface area contributed by atoms with Crippen molar-refractivity contribution in [1.29, 1.82) is 0 Å². The van der Waals surface area contributed by atoms with Gasteiger partial charge in [0.15, 0.2) is 5.13 Å². The highest BCUT2D eigenvalue weighted by molar-refractivity contribution is 7.22. The molecule has 3 heterocycles. The second kappa shape index (κ2) is 7.12. The van der Waals surface area contributed by atoms with Crippen LogP contribution in [0.3, 0.4) is 0 Å². The first kappa shape index (κ1) is 17.0. The van der Waals surface area contributed by atoms with Gasteiger partial charge in [-0.2, -0.15) is 0 Å². The number of hydrogen-bond acceptors (Lipinski definition) is 8. The molecule has 0 aliphatic heterocycles. The van der Waals surface area contributed by atoms with Crippen LogP contribution in [0.5, 0.6) is 5.88 Å². The summed E-state index contributed by atoms with van der Waals surface area (Å²) in [6.07, 6.45) is 8.69. The quantitative estimate of drug-likeness (QED) is 0.553. The van der Waals surface area contributed by atoms with Gasteiger partial charge in [0.05, 0.1) is 10.2 Å². The molecule has 1 aliphatic rings. The molecule has 28 heavy (non-hydrogen) atoms. The molecule has 1 aliphatic carbocycles. The summed E-state index contributed by atoms with van der Waals surface area (Å²) in [5.74, 6) is 1.25. The lowest BCUT2D eigenvalue weighted by Crippen LogP contribution is -2.42. The fraction of sp³-hybridized carbons (Fsp3) is 0.250. The number of rotatable bonds is 5. The molecule has 1 saturated carbocycles. The molecule has 8 heteroatoms. The molecule has 0 amide bonds. The van der Waals surface area contributed by atoms with Crippen molar-refractivity contribution in [2.24, 2.45) is 0 Å². The molecular formula is C20H18N6OS. The Kier molecular flexibility index (Phi) is 4.32. The maximum absolute atomic E-state index is 6.11. The van der Waals surface area contributed by atoms with Crippen LogP contribution in [0.15, 0.2) is 49.1 Å². The molecule has 0 radical (unpaired) electrons. The van der Waals surface area contributed by atoms with Crippen molar-refractivity contribution in [2.75, 3.05) is 5.32 Å². The van der Waals surface area contributed by atoms with E-state index in [1.165, 1.54) is 4.70 Å². The van der Waals surface area contributed by atoms with Crippen LogP contribution in [0.25, 0.3) is 21.5 Å². The number of fused-ring (bicyclic) bond motifs is 1. The van der Waals surface area contributed by atoms with Gasteiger partial charge in [-0.25, -0.2) is 24.9 Å². The van der Waals surface area contributed by atoms with Crippen LogP contribution in [-0.4, -0.2) is 37.1 Å². The summed E-state index contributed by atoms with van der Waals surface area (Å²) in [5.41, 5.74) is 2.51.